The molecule has 210 valence electrons. The molecule has 7 nitrogen and oxygen atoms in total. The van der Waals surface area contributed by atoms with Crippen molar-refractivity contribution in [2.45, 2.75) is 39.3 Å². The molecule has 0 spiro atoms. The quantitative estimate of drug-likeness (QED) is 0.192. The first-order valence-corrected chi connectivity index (χ1v) is 15.5. The van der Waals surface area contributed by atoms with E-state index < -0.39 is 10.0 Å². The Bertz CT molecular complexity index is 1290. The second-order valence-electron chi connectivity index (χ2n) is 9.36. The number of rotatable bonds is 16. The molecule has 0 aliphatic heterocycles. The molecule has 2 aromatic carbocycles. The Morgan fingerprint density at radius 2 is 1.74 bits per heavy atom. The average molecular weight is 617 g/mol. The van der Waals surface area contributed by atoms with Gasteiger partial charge in [0.1, 0.15) is 0 Å². The van der Waals surface area contributed by atoms with Gasteiger partial charge < -0.3 is 14.2 Å². The van der Waals surface area contributed by atoms with Crippen molar-refractivity contribution < 1.29 is 17.9 Å². The highest BCUT2D eigenvalue weighted by molar-refractivity contribution is 9.10. The van der Waals surface area contributed by atoms with Crippen LogP contribution in [0.5, 0.6) is 0 Å². The Kier molecular flexibility index (Phi) is 12.5. The molecule has 0 atom stereocenters. The van der Waals surface area contributed by atoms with Crippen LogP contribution >= 0.6 is 15.9 Å². The van der Waals surface area contributed by atoms with Crippen molar-refractivity contribution in [3.05, 3.63) is 99.6 Å². The molecule has 0 saturated heterocycles. The van der Waals surface area contributed by atoms with E-state index in [9.17, 15) is 13.2 Å². The predicted octanol–water partition coefficient (Wildman–Crippen LogP) is 5.77. The van der Waals surface area contributed by atoms with E-state index in [0.717, 1.165) is 34.1 Å². The van der Waals surface area contributed by atoms with Crippen LogP contribution in [-0.4, -0.2) is 61.4 Å². The first kappa shape index (κ1) is 30.8. The van der Waals surface area contributed by atoms with Crippen LogP contribution in [0.15, 0.2) is 82.8 Å². The van der Waals surface area contributed by atoms with Crippen LogP contribution in [0.4, 0.5) is 0 Å². The van der Waals surface area contributed by atoms with E-state index in [4.69, 9.17) is 4.74 Å². The largest absolute Gasteiger partial charge is 0.385 e. The zero-order chi connectivity index (χ0) is 28.1. The third kappa shape index (κ3) is 10.1. The van der Waals surface area contributed by atoms with Crippen LogP contribution in [0.1, 0.15) is 43.0 Å². The molecule has 0 unspecified atom stereocenters. The lowest BCUT2D eigenvalue weighted by Gasteiger charge is -2.27. The molecule has 0 aliphatic carbocycles. The summed E-state index contributed by atoms with van der Waals surface area (Å²) >= 11 is 3.48. The molecule has 3 aromatic rings. The number of carbonyl (C=O) groups is 1. The van der Waals surface area contributed by atoms with Gasteiger partial charge in [0.15, 0.2) is 0 Å². The number of sulfonamides is 1. The molecule has 1 aromatic heterocycles. The van der Waals surface area contributed by atoms with Crippen molar-refractivity contribution in [1.82, 2.24) is 13.8 Å². The Morgan fingerprint density at radius 1 is 1.00 bits per heavy atom. The summed E-state index contributed by atoms with van der Waals surface area (Å²) in [6.45, 7) is 4.12. The zero-order valence-corrected chi connectivity index (χ0v) is 25.1. The SMILES string of the molecule is CCCCN(Cc1cccn1Cc1ccc(Br)cc1)C(=O)CN(CCCOC)S(=O)(=O)/C=C/c1ccccc1. The highest BCUT2D eigenvalue weighted by atomic mass is 79.9. The summed E-state index contributed by atoms with van der Waals surface area (Å²) in [4.78, 5) is 15.4. The Morgan fingerprint density at radius 3 is 2.44 bits per heavy atom. The number of hydrogen-bond donors (Lipinski definition) is 0. The number of hydrogen-bond acceptors (Lipinski definition) is 4. The van der Waals surface area contributed by atoms with E-state index in [1.807, 2.05) is 60.8 Å². The second kappa shape index (κ2) is 15.8. The number of halogens is 1. The van der Waals surface area contributed by atoms with Crippen LogP contribution in [0.2, 0.25) is 0 Å². The fourth-order valence-corrected chi connectivity index (χ4v) is 5.56. The fourth-order valence-electron chi connectivity index (χ4n) is 4.12. The molecular weight excluding hydrogens is 578 g/mol. The molecular formula is C30H38BrN3O4S. The van der Waals surface area contributed by atoms with Gasteiger partial charge in [0.2, 0.25) is 15.9 Å². The third-order valence-electron chi connectivity index (χ3n) is 6.34. The van der Waals surface area contributed by atoms with E-state index in [2.05, 4.69) is 39.6 Å². The lowest BCUT2D eigenvalue weighted by atomic mass is 10.2. The third-order valence-corrected chi connectivity index (χ3v) is 8.38. The van der Waals surface area contributed by atoms with Gasteiger partial charge in [-0.25, -0.2) is 8.42 Å². The summed E-state index contributed by atoms with van der Waals surface area (Å²) in [6.07, 6.45) is 5.83. The van der Waals surface area contributed by atoms with Crippen molar-refractivity contribution in [2.24, 2.45) is 0 Å². The number of carbonyl (C=O) groups excluding carboxylic acids is 1. The lowest BCUT2D eigenvalue weighted by Crippen LogP contribution is -2.43. The Hall–Kier alpha value is -2.72. The number of methoxy groups -OCH3 is 1. The highest BCUT2D eigenvalue weighted by Crippen LogP contribution is 2.16. The summed E-state index contributed by atoms with van der Waals surface area (Å²) in [5, 5.41) is 1.18. The predicted molar refractivity (Wildman–Crippen MR) is 160 cm³/mol. The van der Waals surface area contributed by atoms with Gasteiger partial charge in [-0.1, -0.05) is 71.7 Å². The molecule has 39 heavy (non-hydrogen) atoms. The molecule has 0 bridgehead atoms. The average Bonchev–Trinajstić information content (AvgIpc) is 3.37. The normalized spacial score (nSPS) is 11.9. The Labute approximate surface area is 241 Å². The van der Waals surface area contributed by atoms with Crippen molar-refractivity contribution in [3.8, 4) is 0 Å². The summed E-state index contributed by atoms with van der Waals surface area (Å²) in [5.74, 6) is -0.214. The van der Waals surface area contributed by atoms with Gasteiger partial charge in [0, 0.05) is 55.1 Å². The van der Waals surface area contributed by atoms with Crippen LogP contribution in [0.3, 0.4) is 0 Å². The van der Waals surface area contributed by atoms with E-state index >= 15 is 0 Å². The van der Waals surface area contributed by atoms with Crippen LogP contribution in [0.25, 0.3) is 6.08 Å². The minimum Gasteiger partial charge on any atom is -0.385 e. The minimum absolute atomic E-state index is 0.197. The van der Waals surface area contributed by atoms with Crippen molar-refractivity contribution in [3.63, 3.8) is 0 Å². The van der Waals surface area contributed by atoms with Gasteiger partial charge in [-0.05, 0) is 54.3 Å². The molecule has 1 heterocycles. The number of benzene rings is 2. The molecule has 0 fully saturated rings. The maximum Gasteiger partial charge on any atom is 0.238 e. The van der Waals surface area contributed by atoms with E-state index in [1.165, 1.54) is 9.71 Å². The minimum atomic E-state index is -3.82. The molecule has 9 heteroatoms. The van der Waals surface area contributed by atoms with Gasteiger partial charge in [-0.2, -0.15) is 4.31 Å². The summed E-state index contributed by atoms with van der Waals surface area (Å²) in [6, 6.07) is 21.4. The molecule has 0 N–H and O–H groups in total. The van der Waals surface area contributed by atoms with E-state index in [-0.39, 0.29) is 19.0 Å². The summed E-state index contributed by atoms with van der Waals surface area (Å²) in [5.41, 5.74) is 2.93. The van der Waals surface area contributed by atoms with Crippen LogP contribution < -0.4 is 0 Å². The van der Waals surface area contributed by atoms with Gasteiger partial charge in [-0.3, -0.25) is 4.79 Å². The van der Waals surface area contributed by atoms with Crippen molar-refractivity contribution in [1.29, 1.82) is 0 Å². The van der Waals surface area contributed by atoms with E-state index in [1.54, 1.807) is 18.1 Å². The number of ether oxygens (including phenoxy) is 1. The molecule has 0 saturated carbocycles. The fraction of sp³-hybridized carbons (Fsp3) is 0.367. The smallest absolute Gasteiger partial charge is 0.238 e. The maximum absolute atomic E-state index is 13.6. The van der Waals surface area contributed by atoms with Crippen molar-refractivity contribution >= 4 is 37.9 Å². The first-order valence-electron chi connectivity index (χ1n) is 13.2. The van der Waals surface area contributed by atoms with Gasteiger partial charge >= 0.3 is 0 Å². The monoisotopic (exact) mass is 615 g/mol. The zero-order valence-electron chi connectivity index (χ0n) is 22.7. The number of nitrogens with zero attached hydrogens (tertiary/aromatic N) is 3. The maximum atomic E-state index is 13.6. The van der Waals surface area contributed by atoms with Crippen LogP contribution in [-0.2, 0) is 32.6 Å². The molecule has 1 amide bonds. The number of unbranched alkanes of at least 4 members (excludes halogenated alkanes) is 1. The van der Waals surface area contributed by atoms with E-state index in [0.29, 0.717) is 32.7 Å². The van der Waals surface area contributed by atoms with Crippen molar-refractivity contribution in [2.75, 3.05) is 33.4 Å². The van der Waals surface area contributed by atoms with Gasteiger partial charge in [0.25, 0.3) is 0 Å². The van der Waals surface area contributed by atoms with Gasteiger partial charge in [-0.15, -0.1) is 0 Å². The number of amides is 1. The lowest BCUT2D eigenvalue weighted by molar-refractivity contribution is -0.132. The summed E-state index contributed by atoms with van der Waals surface area (Å²) in [7, 11) is -2.25. The standard InChI is InChI=1S/C30H38BrN3O4S/c1-3-4-18-33(24-29-12-8-19-32(29)23-27-13-15-28(31)16-14-27)30(35)25-34(20-9-21-38-2)39(36,37)22-17-26-10-6-5-7-11-26/h5-8,10-17,19,22H,3-4,9,18,20-21,23-25H2,1-2H3/b22-17+. The number of aromatic nitrogens is 1. The highest BCUT2D eigenvalue weighted by Gasteiger charge is 2.25. The molecule has 0 radical (unpaired) electrons. The van der Waals surface area contributed by atoms with Gasteiger partial charge in [0.05, 0.1) is 13.1 Å². The molecule has 0 aliphatic rings. The van der Waals surface area contributed by atoms with Crippen LogP contribution in [0, 0.1) is 0 Å². The summed E-state index contributed by atoms with van der Waals surface area (Å²) < 4.78 is 36.1. The second-order valence-corrected chi connectivity index (χ2v) is 12.1. The first-order chi connectivity index (χ1) is 18.8. The molecule has 3 rings (SSSR count). The topological polar surface area (TPSA) is 71.9 Å². The Balaban J connectivity index is 1.77.